The molecule has 1 N–H and O–H groups in total. The third kappa shape index (κ3) is 1.74. The Labute approximate surface area is 86.8 Å². The minimum absolute atomic E-state index is 0.138. The molecule has 1 aliphatic carbocycles. The molecule has 3 rings (SSSR count). The second-order valence-electron chi connectivity index (χ2n) is 4.10. The van der Waals surface area contributed by atoms with Crippen molar-refractivity contribution in [1.29, 1.82) is 0 Å². The van der Waals surface area contributed by atoms with Crippen LogP contribution in [0.5, 0.6) is 0 Å². The summed E-state index contributed by atoms with van der Waals surface area (Å²) in [6.45, 7) is 1.19. The Morgan fingerprint density at radius 1 is 1.47 bits per heavy atom. The summed E-state index contributed by atoms with van der Waals surface area (Å²) in [6.07, 6.45) is 2.29. The van der Waals surface area contributed by atoms with Crippen LogP contribution in [-0.4, -0.2) is 30.3 Å². The molecule has 15 heavy (non-hydrogen) atoms. The zero-order valence-corrected chi connectivity index (χ0v) is 8.23. The Hall–Kier alpha value is -1.36. The summed E-state index contributed by atoms with van der Waals surface area (Å²) in [5, 5.41) is 6.58. The average Bonchev–Trinajstić information content (AvgIpc) is 2.90. The number of amides is 1. The molecule has 0 aromatic carbocycles. The van der Waals surface area contributed by atoms with Gasteiger partial charge in [-0.15, -0.1) is 0 Å². The molecule has 0 unspecified atom stereocenters. The molecule has 1 aromatic rings. The molecule has 1 aliphatic heterocycles. The highest BCUT2D eigenvalue weighted by atomic mass is 16.5. The van der Waals surface area contributed by atoms with Gasteiger partial charge in [0.25, 0.3) is 5.91 Å². The minimum atomic E-state index is -0.168. The van der Waals surface area contributed by atoms with E-state index in [1.165, 1.54) is 0 Å². The van der Waals surface area contributed by atoms with Gasteiger partial charge in [0.05, 0.1) is 19.3 Å². The lowest BCUT2D eigenvalue weighted by molar-refractivity contribution is -0.00360. The molecule has 80 valence electrons. The van der Waals surface area contributed by atoms with Gasteiger partial charge in [-0.2, -0.15) is 0 Å². The molecule has 5 heteroatoms. The van der Waals surface area contributed by atoms with E-state index >= 15 is 0 Å². The maximum absolute atomic E-state index is 11.6. The highest BCUT2D eigenvalue weighted by Crippen LogP contribution is 2.40. The average molecular weight is 208 g/mol. The molecule has 1 saturated heterocycles. The van der Waals surface area contributed by atoms with Gasteiger partial charge in [-0.1, -0.05) is 5.16 Å². The summed E-state index contributed by atoms with van der Waals surface area (Å²) in [7, 11) is 0. The quantitative estimate of drug-likeness (QED) is 0.793. The zero-order valence-electron chi connectivity index (χ0n) is 8.23. The van der Waals surface area contributed by atoms with Gasteiger partial charge in [-0.25, -0.2) is 0 Å². The van der Waals surface area contributed by atoms with Crippen molar-refractivity contribution in [2.45, 2.75) is 24.8 Å². The maximum Gasteiger partial charge on any atom is 0.273 e. The van der Waals surface area contributed by atoms with Crippen molar-refractivity contribution in [3.63, 3.8) is 0 Å². The smallest absolute Gasteiger partial charge is 0.273 e. The first kappa shape index (κ1) is 8.91. The van der Waals surface area contributed by atoms with E-state index in [9.17, 15) is 4.79 Å². The highest BCUT2D eigenvalue weighted by Gasteiger charge is 2.29. The molecule has 2 fully saturated rings. The Kier molecular flexibility index (Phi) is 1.98. The van der Waals surface area contributed by atoms with Gasteiger partial charge in [-0.3, -0.25) is 4.79 Å². The molecule has 1 amide bonds. The van der Waals surface area contributed by atoms with E-state index in [1.54, 1.807) is 6.07 Å². The van der Waals surface area contributed by atoms with E-state index in [2.05, 4.69) is 10.5 Å². The lowest BCUT2D eigenvalue weighted by Crippen LogP contribution is -2.48. The third-order valence-electron chi connectivity index (χ3n) is 2.71. The molecule has 2 aliphatic rings. The van der Waals surface area contributed by atoms with Crippen molar-refractivity contribution in [1.82, 2.24) is 10.5 Å². The van der Waals surface area contributed by atoms with Crippen molar-refractivity contribution in [3.05, 3.63) is 17.5 Å². The van der Waals surface area contributed by atoms with Crippen LogP contribution in [0.15, 0.2) is 10.6 Å². The van der Waals surface area contributed by atoms with Crippen molar-refractivity contribution in [3.8, 4) is 0 Å². The first-order valence-electron chi connectivity index (χ1n) is 5.18. The number of nitrogens with one attached hydrogen (secondary N) is 1. The number of nitrogens with zero attached hydrogens (tertiary/aromatic N) is 1. The van der Waals surface area contributed by atoms with Crippen LogP contribution in [0.3, 0.4) is 0 Å². The summed E-state index contributed by atoms with van der Waals surface area (Å²) in [4.78, 5) is 11.6. The number of aromatic nitrogens is 1. The molecule has 2 heterocycles. The maximum atomic E-state index is 11.6. The van der Waals surface area contributed by atoms with Gasteiger partial charge >= 0.3 is 0 Å². The van der Waals surface area contributed by atoms with Crippen molar-refractivity contribution in [2.75, 3.05) is 13.2 Å². The lowest BCUT2D eigenvalue weighted by atomic mass is 10.2. The van der Waals surface area contributed by atoms with Gasteiger partial charge in [0.1, 0.15) is 5.76 Å². The fourth-order valence-corrected chi connectivity index (χ4v) is 1.53. The van der Waals surface area contributed by atoms with Crippen LogP contribution in [0.2, 0.25) is 0 Å². The van der Waals surface area contributed by atoms with Crippen LogP contribution in [-0.2, 0) is 4.74 Å². The standard InChI is InChI=1S/C10H12N2O3/c13-10(11-7-4-14-5-7)8-3-9(15-12-8)6-1-2-6/h3,6-7H,1-2,4-5H2,(H,11,13). The van der Waals surface area contributed by atoms with Crippen molar-refractivity contribution >= 4 is 5.91 Å². The first-order valence-corrected chi connectivity index (χ1v) is 5.18. The van der Waals surface area contributed by atoms with Crippen molar-refractivity contribution in [2.24, 2.45) is 0 Å². The first-order chi connectivity index (χ1) is 7.33. The van der Waals surface area contributed by atoms with Crippen LogP contribution in [0.1, 0.15) is 35.0 Å². The van der Waals surface area contributed by atoms with E-state index in [1.807, 2.05) is 0 Å². The molecular formula is C10H12N2O3. The molecule has 0 bridgehead atoms. The van der Waals surface area contributed by atoms with Gasteiger partial charge in [0.2, 0.25) is 0 Å². The lowest BCUT2D eigenvalue weighted by Gasteiger charge is -2.26. The van der Waals surface area contributed by atoms with Crippen LogP contribution in [0.25, 0.3) is 0 Å². The van der Waals surface area contributed by atoms with E-state index in [0.717, 1.165) is 18.6 Å². The van der Waals surface area contributed by atoms with Crippen LogP contribution < -0.4 is 5.32 Å². The predicted octanol–water partition coefficient (Wildman–Crippen LogP) is 0.681. The molecule has 0 radical (unpaired) electrons. The fraction of sp³-hybridized carbons (Fsp3) is 0.600. The second kappa shape index (κ2) is 3.34. The van der Waals surface area contributed by atoms with E-state index in [0.29, 0.717) is 24.8 Å². The number of carbonyl (C=O) groups excluding carboxylic acids is 1. The van der Waals surface area contributed by atoms with Gasteiger partial charge in [0, 0.05) is 12.0 Å². The molecule has 0 atom stereocenters. The number of hydrogen-bond donors (Lipinski definition) is 1. The largest absolute Gasteiger partial charge is 0.377 e. The van der Waals surface area contributed by atoms with E-state index < -0.39 is 0 Å². The Balaban J connectivity index is 1.65. The monoisotopic (exact) mass is 208 g/mol. The number of ether oxygens (including phenoxy) is 1. The third-order valence-corrected chi connectivity index (χ3v) is 2.71. The number of rotatable bonds is 3. The summed E-state index contributed by atoms with van der Waals surface area (Å²) < 4.78 is 10.1. The molecule has 5 nitrogen and oxygen atoms in total. The van der Waals surface area contributed by atoms with E-state index in [-0.39, 0.29) is 11.9 Å². The Bertz CT molecular complexity index is 380. The highest BCUT2D eigenvalue weighted by molar-refractivity contribution is 5.92. The molecular weight excluding hydrogens is 196 g/mol. The van der Waals surface area contributed by atoms with Gasteiger partial charge < -0.3 is 14.6 Å². The van der Waals surface area contributed by atoms with E-state index in [4.69, 9.17) is 9.26 Å². The normalized spacial score (nSPS) is 21.1. The van der Waals surface area contributed by atoms with Crippen LogP contribution in [0, 0.1) is 0 Å². The number of hydrogen-bond acceptors (Lipinski definition) is 4. The molecule has 1 aromatic heterocycles. The van der Waals surface area contributed by atoms with Crippen molar-refractivity contribution < 1.29 is 14.1 Å². The number of carbonyl (C=O) groups is 1. The van der Waals surface area contributed by atoms with Crippen LogP contribution >= 0.6 is 0 Å². The van der Waals surface area contributed by atoms with Gasteiger partial charge in [0.15, 0.2) is 5.69 Å². The topological polar surface area (TPSA) is 64.4 Å². The molecule has 1 saturated carbocycles. The predicted molar refractivity (Wildman–Crippen MR) is 50.6 cm³/mol. The summed E-state index contributed by atoms with van der Waals surface area (Å²) >= 11 is 0. The Morgan fingerprint density at radius 2 is 2.27 bits per heavy atom. The molecule has 0 spiro atoms. The summed E-state index contributed by atoms with van der Waals surface area (Å²) in [5.74, 6) is 1.16. The second-order valence-corrected chi connectivity index (χ2v) is 4.10. The SMILES string of the molecule is O=C(NC1COC1)c1cc(C2CC2)on1. The summed E-state index contributed by atoms with van der Waals surface area (Å²) in [6, 6.07) is 1.88. The Morgan fingerprint density at radius 3 is 2.87 bits per heavy atom. The zero-order chi connectivity index (χ0) is 10.3. The fourth-order valence-electron chi connectivity index (χ4n) is 1.53. The minimum Gasteiger partial charge on any atom is -0.377 e. The van der Waals surface area contributed by atoms with Gasteiger partial charge in [-0.05, 0) is 12.8 Å². The van der Waals surface area contributed by atoms with Crippen LogP contribution in [0.4, 0.5) is 0 Å². The summed E-state index contributed by atoms with van der Waals surface area (Å²) in [5.41, 5.74) is 0.379.